The molecule has 1 aromatic carbocycles. The van der Waals surface area contributed by atoms with Crippen LogP contribution in [0.4, 0.5) is 0 Å². The van der Waals surface area contributed by atoms with Crippen LogP contribution < -0.4 is 10.5 Å². The maximum atomic E-state index is 12.1. The summed E-state index contributed by atoms with van der Waals surface area (Å²) in [6.07, 6.45) is 2.69. The van der Waals surface area contributed by atoms with E-state index < -0.39 is 15.6 Å². The standard InChI is InChI=1S/C12H18N2O2S/c1-10-3-5-11(6-4-10)17(15,16)14-12(9-13)7-2-8-12/h3-6,14H,2,7-9,13H2,1H3. The van der Waals surface area contributed by atoms with Crippen LogP contribution in [0.1, 0.15) is 24.8 Å². The fourth-order valence-electron chi connectivity index (χ4n) is 2.01. The molecule has 1 aliphatic rings. The molecular weight excluding hydrogens is 236 g/mol. The van der Waals surface area contributed by atoms with Gasteiger partial charge in [0.25, 0.3) is 0 Å². The second-order valence-corrected chi connectivity index (χ2v) is 6.44. The maximum absolute atomic E-state index is 12.1. The molecule has 2 rings (SSSR count). The Morgan fingerprint density at radius 3 is 2.29 bits per heavy atom. The van der Waals surface area contributed by atoms with Crippen molar-refractivity contribution in [3.05, 3.63) is 29.8 Å². The van der Waals surface area contributed by atoms with E-state index in [0.717, 1.165) is 24.8 Å². The Morgan fingerprint density at radius 1 is 1.29 bits per heavy atom. The van der Waals surface area contributed by atoms with E-state index in [4.69, 9.17) is 5.73 Å². The molecule has 0 radical (unpaired) electrons. The summed E-state index contributed by atoms with van der Waals surface area (Å²) in [5.74, 6) is 0. The van der Waals surface area contributed by atoms with Gasteiger partial charge in [-0.1, -0.05) is 17.7 Å². The Kier molecular flexibility index (Phi) is 3.25. The SMILES string of the molecule is Cc1ccc(S(=O)(=O)NC2(CN)CCC2)cc1. The summed E-state index contributed by atoms with van der Waals surface area (Å²) >= 11 is 0. The van der Waals surface area contributed by atoms with Crippen molar-refractivity contribution >= 4 is 10.0 Å². The number of nitrogens with two attached hydrogens (primary N) is 1. The summed E-state index contributed by atoms with van der Waals surface area (Å²) in [6.45, 7) is 2.29. The summed E-state index contributed by atoms with van der Waals surface area (Å²) in [7, 11) is -3.44. The van der Waals surface area contributed by atoms with Gasteiger partial charge in [0.2, 0.25) is 10.0 Å². The second-order valence-electron chi connectivity index (χ2n) is 4.76. The maximum Gasteiger partial charge on any atom is 0.241 e. The molecule has 0 unspecified atom stereocenters. The van der Waals surface area contributed by atoms with Crippen molar-refractivity contribution in [2.45, 2.75) is 36.6 Å². The molecule has 0 saturated heterocycles. The fraction of sp³-hybridized carbons (Fsp3) is 0.500. The Labute approximate surface area is 102 Å². The van der Waals surface area contributed by atoms with Gasteiger partial charge < -0.3 is 5.73 Å². The minimum Gasteiger partial charge on any atom is -0.329 e. The third kappa shape index (κ3) is 2.51. The van der Waals surface area contributed by atoms with E-state index in [1.807, 2.05) is 6.92 Å². The predicted molar refractivity (Wildman–Crippen MR) is 67.1 cm³/mol. The third-order valence-electron chi connectivity index (χ3n) is 3.38. The average Bonchev–Trinajstić information content (AvgIpc) is 2.24. The zero-order valence-corrected chi connectivity index (χ0v) is 10.8. The van der Waals surface area contributed by atoms with E-state index in [1.165, 1.54) is 0 Å². The van der Waals surface area contributed by atoms with Gasteiger partial charge in [0.15, 0.2) is 0 Å². The van der Waals surface area contributed by atoms with Gasteiger partial charge >= 0.3 is 0 Å². The van der Waals surface area contributed by atoms with E-state index >= 15 is 0 Å². The second kappa shape index (κ2) is 4.40. The first-order valence-corrected chi connectivity index (χ1v) is 7.27. The number of benzene rings is 1. The number of rotatable bonds is 4. The molecule has 0 heterocycles. The van der Waals surface area contributed by atoms with Crippen molar-refractivity contribution in [3.8, 4) is 0 Å². The average molecular weight is 254 g/mol. The molecule has 1 aliphatic carbocycles. The summed E-state index contributed by atoms with van der Waals surface area (Å²) < 4.78 is 27.0. The van der Waals surface area contributed by atoms with Crippen LogP contribution in [0.5, 0.6) is 0 Å². The van der Waals surface area contributed by atoms with E-state index in [0.29, 0.717) is 11.4 Å². The largest absolute Gasteiger partial charge is 0.329 e. The van der Waals surface area contributed by atoms with Gasteiger partial charge in [-0.2, -0.15) is 0 Å². The van der Waals surface area contributed by atoms with E-state index in [1.54, 1.807) is 24.3 Å². The minimum absolute atomic E-state index is 0.308. The van der Waals surface area contributed by atoms with E-state index in [2.05, 4.69) is 4.72 Å². The molecule has 1 fully saturated rings. The van der Waals surface area contributed by atoms with Gasteiger partial charge in [0, 0.05) is 12.1 Å². The molecule has 1 aromatic rings. The summed E-state index contributed by atoms with van der Waals surface area (Å²) in [5.41, 5.74) is 6.28. The van der Waals surface area contributed by atoms with Crippen LogP contribution in [0.15, 0.2) is 29.2 Å². The van der Waals surface area contributed by atoms with Crippen molar-refractivity contribution in [3.63, 3.8) is 0 Å². The molecule has 0 bridgehead atoms. The van der Waals surface area contributed by atoms with Crippen molar-refractivity contribution in [1.29, 1.82) is 0 Å². The lowest BCUT2D eigenvalue weighted by molar-refractivity contribution is 0.230. The molecule has 0 amide bonds. The quantitative estimate of drug-likeness (QED) is 0.846. The monoisotopic (exact) mass is 254 g/mol. The highest BCUT2D eigenvalue weighted by Gasteiger charge is 2.39. The third-order valence-corrected chi connectivity index (χ3v) is 4.98. The van der Waals surface area contributed by atoms with E-state index in [9.17, 15) is 8.42 Å². The lowest BCUT2D eigenvalue weighted by Crippen LogP contribution is -2.58. The van der Waals surface area contributed by atoms with Crippen LogP contribution in [0.2, 0.25) is 0 Å². The number of hydrogen-bond acceptors (Lipinski definition) is 3. The summed E-state index contributed by atoms with van der Waals surface area (Å²) in [4.78, 5) is 0.308. The van der Waals surface area contributed by atoms with Crippen LogP contribution in [0.25, 0.3) is 0 Å². The zero-order chi connectivity index (χ0) is 12.5. The minimum atomic E-state index is -3.44. The Balaban J connectivity index is 2.22. The van der Waals surface area contributed by atoms with Crippen molar-refractivity contribution < 1.29 is 8.42 Å². The zero-order valence-electron chi connectivity index (χ0n) is 9.94. The van der Waals surface area contributed by atoms with Crippen molar-refractivity contribution in [1.82, 2.24) is 4.72 Å². The van der Waals surface area contributed by atoms with Gasteiger partial charge in [-0.05, 0) is 38.3 Å². The number of hydrogen-bond donors (Lipinski definition) is 2. The number of sulfonamides is 1. The molecule has 0 aliphatic heterocycles. The Hall–Kier alpha value is -0.910. The molecule has 1 saturated carbocycles. The van der Waals surface area contributed by atoms with Gasteiger partial charge in [-0.3, -0.25) is 0 Å². The molecule has 0 spiro atoms. The molecule has 3 N–H and O–H groups in total. The van der Waals surface area contributed by atoms with Crippen LogP contribution in [0, 0.1) is 6.92 Å². The number of nitrogens with one attached hydrogen (secondary N) is 1. The molecule has 0 atom stereocenters. The van der Waals surface area contributed by atoms with Crippen LogP contribution in [-0.4, -0.2) is 20.5 Å². The van der Waals surface area contributed by atoms with Crippen molar-refractivity contribution in [2.75, 3.05) is 6.54 Å². The first-order chi connectivity index (χ1) is 7.97. The molecule has 17 heavy (non-hydrogen) atoms. The lowest BCUT2D eigenvalue weighted by atomic mass is 9.78. The predicted octanol–water partition coefficient (Wildman–Crippen LogP) is 1.15. The topological polar surface area (TPSA) is 72.2 Å². The molecule has 5 heteroatoms. The lowest BCUT2D eigenvalue weighted by Gasteiger charge is -2.41. The number of aryl methyl sites for hydroxylation is 1. The Bertz CT molecular complexity index is 484. The van der Waals surface area contributed by atoms with Crippen molar-refractivity contribution in [2.24, 2.45) is 5.73 Å². The summed E-state index contributed by atoms with van der Waals surface area (Å²) in [6, 6.07) is 6.84. The van der Waals surface area contributed by atoms with Gasteiger partial charge in [0.1, 0.15) is 0 Å². The van der Waals surface area contributed by atoms with E-state index in [-0.39, 0.29) is 0 Å². The molecule has 0 aromatic heterocycles. The molecule has 94 valence electrons. The van der Waals surface area contributed by atoms with Gasteiger partial charge in [0.05, 0.1) is 4.90 Å². The van der Waals surface area contributed by atoms with Crippen LogP contribution >= 0.6 is 0 Å². The highest BCUT2D eigenvalue weighted by molar-refractivity contribution is 7.89. The molecule has 4 nitrogen and oxygen atoms in total. The normalized spacial score (nSPS) is 18.7. The highest BCUT2D eigenvalue weighted by atomic mass is 32.2. The van der Waals surface area contributed by atoms with Gasteiger partial charge in [-0.15, -0.1) is 0 Å². The van der Waals surface area contributed by atoms with Crippen LogP contribution in [0.3, 0.4) is 0 Å². The Morgan fingerprint density at radius 2 is 1.88 bits per heavy atom. The molecular formula is C12H18N2O2S. The smallest absolute Gasteiger partial charge is 0.241 e. The van der Waals surface area contributed by atoms with Crippen LogP contribution in [-0.2, 0) is 10.0 Å². The summed E-state index contributed by atoms with van der Waals surface area (Å²) in [5, 5.41) is 0. The first-order valence-electron chi connectivity index (χ1n) is 5.78. The fourth-order valence-corrected chi connectivity index (χ4v) is 3.48. The highest BCUT2D eigenvalue weighted by Crippen LogP contribution is 2.32. The van der Waals surface area contributed by atoms with Gasteiger partial charge in [-0.25, -0.2) is 13.1 Å². The first kappa shape index (κ1) is 12.5.